The summed E-state index contributed by atoms with van der Waals surface area (Å²) < 4.78 is 2.54. The summed E-state index contributed by atoms with van der Waals surface area (Å²) >= 11 is 0. The molecule has 0 spiro atoms. The molecular formula is C19H24N+. The van der Waals surface area contributed by atoms with E-state index in [1.807, 2.05) is 0 Å². The van der Waals surface area contributed by atoms with Crippen LogP contribution in [0.5, 0.6) is 0 Å². The molecule has 1 nitrogen and oxygen atoms in total. The first kappa shape index (κ1) is 13.4. The third-order valence-electron chi connectivity index (χ3n) is 5.08. The number of rotatable bonds is 2. The van der Waals surface area contributed by atoms with E-state index in [0.717, 1.165) is 0 Å². The largest absolute Gasteiger partial charge is 0.213 e. The molecule has 0 fully saturated rings. The van der Waals surface area contributed by atoms with Crippen LogP contribution in [0.4, 0.5) is 0 Å². The molecule has 1 aliphatic rings. The van der Waals surface area contributed by atoms with Gasteiger partial charge in [-0.05, 0) is 31.0 Å². The number of fused-ring (bicyclic) bond motifs is 3. The van der Waals surface area contributed by atoms with Crippen LogP contribution in [0, 0.1) is 6.92 Å². The van der Waals surface area contributed by atoms with E-state index in [-0.39, 0.29) is 5.54 Å². The van der Waals surface area contributed by atoms with Gasteiger partial charge in [-0.3, -0.25) is 0 Å². The Kier molecular flexibility index (Phi) is 3.37. The third-order valence-corrected chi connectivity index (χ3v) is 5.08. The van der Waals surface area contributed by atoms with Gasteiger partial charge in [0.05, 0.1) is 0 Å². The third kappa shape index (κ3) is 1.96. The first-order valence-corrected chi connectivity index (χ1v) is 7.81. The van der Waals surface area contributed by atoms with Crippen molar-refractivity contribution in [2.75, 3.05) is 0 Å². The van der Waals surface area contributed by atoms with Crippen LogP contribution in [-0.4, -0.2) is 0 Å². The lowest BCUT2D eigenvalue weighted by Crippen LogP contribution is -2.56. The molecule has 1 aromatic carbocycles. The van der Waals surface area contributed by atoms with Gasteiger partial charge in [-0.25, -0.2) is 0 Å². The van der Waals surface area contributed by atoms with Crippen molar-refractivity contribution in [1.82, 2.24) is 0 Å². The summed E-state index contributed by atoms with van der Waals surface area (Å²) in [4.78, 5) is 0. The minimum absolute atomic E-state index is 0.267. The Morgan fingerprint density at radius 2 is 1.90 bits per heavy atom. The molecule has 1 heteroatoms. The van der Waals surface area contributed by atoms with Gasteiger partial charge in [0.15, 0.2) is 11.7 Å². The lowest BCUT2D eigenvalue weighted by Gasteiger charge is -2.26. The number of pyridine rings is 1. The molecule has 0 N–H and O–H groups in total. The Labute approximate surface area is 122 Å². The molecule has 0 aliphatic carbocycles. The second-order valence-corrected chi connectivity index (χ2v) is 6.05. The highest BCUT2D eigenvalue weighted by Crippen LogP contribution is 2.34. The molecule has 3 rings (SSSR count). The fraction of sp³-hybridized carbons (Fsp3) is 0.421. The second kappa shape index (κ2) is 5.05. The highest BCUT2D eigenvalue weighted by Gasteiger charge is 2.40. The maximum atomic E-state index is 2.54. The van der Waals surface area contributed by atoms with E-state index in [1.165, 1.54) is 48.1 Å². The van der Waals surface area contributed by atoms with Crippen LogP contribution < -0.4 is 4.57 Å². The van der Waals surface area contributed by atoms with Crippen molar-refractivity contribution in [3.05, 3.63) is 53.7 Å². The van der Waals surface area contributed by atoms with Crippen molar-refractivity contribution in [3.8, 4) is 11.3 Å². The molecule has 1 aromatic heterocycles. The summed E-state index contributed by atoms with van der Waals surface area (Å²) in [6.07, 6.45) is 7.08. The van der Waals surface area contributed by atoms with Gasteiger partial charge in [0.2, 0.25) is 5.69 Å². The van der Waals surface area contributed by atoms with Crippen LogP contribution >= 0.6 is 0 Å². The summed E-state index contributed by atoms with van der Waals surface area (Å²) in [6, 6.07) is 13.5. The Hall–Kier alpha value is -1.63. The van der Waals surface area contributed by atoms with Crippen LogP contribution in [0.2, 0.25) is 0 Å². The number of benzene rings is 1. The molecule has 2 heterocycles. The van der Waals surface area contributed by atoms with E-state index in [1.54, 1.807) is 0 Å². The van der Waals surface area contributed by atoms with E-state index < -0.39 is 0 Å². The zero-order valence-corrected chi connectivity index (χ0v) is 12.8. The zero-order chi connectivity index (χ0) is 14.2. The molecule has 0 bridgehead atoms. The highest BCUT2D eigenvalue weighted by molar-refractivity contribution is 5.62. The minimum atomic E-state index is 0.267. The Bertz CT molecular complexity index is 623. The predicted molar refractivity (Wildman–Crippen MR) is 83.7 cm³/mol. The molecule has 104 valence electrons. The van der Waals surface area contributed by atoms with Gasteiger partial charge in [-0.15, -0.1) is 0 Å². The number of hydrogen-bond acceptors (Lipinski definition) is 0. The first-order chi connectivity index (χ1) is 9.70. The van der Waals surface area contributed by atoms with Gasteiger partial charge < -0.3 is 0 Å². The fourth-order valence-corrected chi connectivity index (χ4v) is 3.69. The van der Waals surface area contributed by atoms with Crippen molar-refractivity contribution in [2.24, 2.45) is 0 Å². The standard InChI is InChI=1S/C19H24N/c1-4-19(5-2)12-11-16-14-15(3)9-10-17(16)18-8-6-7-13-20(18)19/h6-10,13-14H,4-5,11-12H2,1-3H3/q+1. The maximum absolute atomic E-state index is 2.54. The first-order valence-electron chi connectivity index (χ1n) is 7.81. The average Bonchev–Trinajstić information content (AvgIpc) is 2.62. The number of hydrogen-bond donors (Lipinski definition) is 0. The van der Waals surface area contributed by atoms with Crippen molar-refractivity contribution >= 4 is 0 Å². The van der Waals surface area contributed by atoms with Crippen LogP contribution in [0.1, 0.15) is 44.2 Å². The van der Waals surface area contributed by atoms with E-state index in [0.29, 0.717) is 0 Å². The number of aryl methyl sites for hydroxylation is 2. The SMILES string of the molecule is CCC1(CC)CCc2cc(C)ccc2-c2cccc[n+]21. The molecule has 0 saturated carbocycles. The maximum Gasteiger partial charge on any atom is 0.213 e. The molecule has 0 saturated heterocycles. The lowest BCUT2D eigenvalue weighted by molar-refractivity contribution is -0.757. The van der Waals surface area contributed by atoms with Gasteiger partial charge in [-0.2, -0.15) is 4.57 Å². The van der Waals surface area contributed by atoms with Gasteiger partial charge in [-0.1, -0.05) is 31.5 Å². The minimum Gasteiger partial charge on any atom is -0.193 e. The van der Waals surface area contributed by atoms with Gasteiger partial charge in [0.1, 0.15) is 0 Å². The topological polar surface area (TPSA) is 3.88 Å². The normalized spacial score (nSPS) is 16.1. The molecule has 0 unspecified atom stereocenters. The van der Waals surface area contributed by atoms with Gasteiger partial charge >= 0.3 is 0 Å². The summed E-state index contributed by atoms with van der Waals surface area (Å²) in [7, 11) is 0. The van der Waals surface area contributed by atoms with Gasteiger partial charge in [0, 0.05) is 37.0 Å². The predicted octanol–water partition coefficient (Wildman–Crippen LogP) is 4.41. The molecule has 20 heavy (non-hydrogen) atoms. The summed E-state index contributed by atoms with van der Waals surface area (Å²) in [5.41, 5.74) is 5.94. The van der Waals surface area contributed by atoms with E-state index in [2.05, 4.69) is 67.9 Å². The average molecular weight is 266 g/mol. The molecule has 0 amide bonds. The fourth-order valence-electron chi connectivity index (χ4n) is 3.69. The second-order valence-electron chi connectivity index (χ2n) is 6.05. The Morgan fingerprint density at radius 3 is 2.65 bits per heavy atom. The molecule has 2 aromatic rings. The Balaban J connectivity index is 2.27. The molecule has 0 atom stereocenters. The molecular weight excluding hydrogens is 242 g/mol. The molecule has 0 radical (unpaired) electrons. The van der Waals surface area contributed by atoms with Crippen LogP contribution in [0.15, 0.2) is 42.6 Å². The van der Waals surface area contributed by atoms with Crippen molar-refractivity contribution < 1.29 is 4.57 Å². The van der Waals surface area contributed by atoms with E-state index >= 15 is 0 Å². The van der Waals surface area contributed by atoms with E-state index in [9.17, 15) is 0 Å². The smallest absolute Gasteiger partial charge is 0.193 e. The van der Waals surface area contributed by atoms with Crippen LogP contribution in [0.25, 0.3) is 11.3 Å². The van der Waals surface area contributed by atoms with Crippen LogP contribution in [-0.2, 0) is 12.0 Å². The summed E-state index contributed by atoms with van der Waals surface area (Å²) in [5.74, 6) is 0. The van der Waals surface area contributed by atoms with E-state index in [4.69, 9.17) is 0 Å². The van der Waals surface area contributed by atoms with Crippen molar-refractivity contribution in [2.45, 2.75) is 52.0 Å². The van der Waals surface area contributed by atoms with Crippen molar-refractivity contribution in [3.63, 3.8) is 0 Å². The molecule has 1 aliphatic heterocycles. The number of aromatic nitrogens is 1. The van der Waals surface area contributed by atoms with Gasteiger partial charge in [0.25, 0.3) is 0 Å². The lowest BCUT2D eigenvalue weighted by atomic mass is 9.86. The number of nitrogens with zero attached hydrogens (tertiary/aromatic N) is 1. The van der Waals surface area contributed by atoms with Crippen molar-refractivity contribution in [1.29, 1.82) is 0 Å². The zero-order valence-electron chi connectivity index (χ0n) is 12.8. The monoisotopic (exact) mass is 266 g/mol. The summed E-state index contributed by atoms with van der Waals surface area (Å²) in [5, 5.41) is 0. The quantitative estimate of drug-likeness (QED) is 0.709. The summed E-state index contributed by atoms with van der Waals surface area (Å²) in [6.45, 7) is 6.85. The highest BCUT2D eigenvalue weighted by atomic mass is 15.1. The Morgan fingerprint density at radius 1 is 1.10 bits per heavy atom. The van der Waals surface area contributed by atoms with Crippen LogP contribution in [0.3, 0.4) is 0 Å².